The van der Waals surface area contributed by atoms with E-state index in [1.54, 1.807) is 0 Å². The van der Waals surface area contributed by atoms with Crippen LogP contribution in [0.15, 0.2) is 21.5 Å². The molecule has 0 atom stereocenters. The van der Waals surface area contributed by atoms with Gasteiger partial charge in [0, 0.05) is 22.6 Å². The molecular formula is C14H19BrFNO3S. The van der Waals surface area contributed by atoms with E-state index < -0.39 is 22.4 Å². The second-order valence-electron chi connectivity index (χ2n) is 5.24. The molecule has 1 aliphatic carbocycles. The standard InChI is InChI=1S/C14H19BrFNO3S/c1-2-3-6-17(12-4-5-12)21(19,20)13-8-11(15)7-10(9-18)14(13)16/h7-8,12,18H,2-6,9H2,1H3. The molecule has 1 aromatic carbocycles. The van der Waals surface area contributed by atoms with Crippen LogP contribution in [0.5, 0.6) is 0 Å². The van der Waals surface area contributed by atoms with Crippen LogP contribution in [0.2, 0.25) is 0 Å². The normalized spacial score (nSPS) is 15.7. The molecule has 2 rings (SSSR count). The molecule has 21 heavy (non-hydrogen) atoms. The molecule has 7 heteroatoms. The SMILES string of the molecule is CCCCN(C1CC1)S(=O)(=O)c1cc(Br)cc(CO)c1F. The second-order valence-corrected chi connectivity index (χ2v) is 8.01. The molecule has 1 aliphatic rings. The predicted molar refractivity (Wildman–Crippen MR) is 81.8 cm³/mol. The summed E-state index contributed by atoms with van der Waals surface area (Å²) in [5.74, 6) is -0.858. The van der Waals surface area contributed by atoms with Gasteiger partial charge in [-0.25, -0.2) is 12.8 Å². The van der Waals surface area contributed by atoms with Gasteiger partial charge in [-0.2, -0.15) is 4.31 Å². The maximum Gasteiger partial charge on any atom is 0.246 e. The Hall–Kier alpha value is -0.500. The van der Waals surface area contributed by atoms with Gasteiger partial charge in [-0.05, 0) is 31.4 Å². The minimum absolute atomic E-state index is 0.0162. The van der Waals surface area contributed by atoms with Crippen molar-refractivity contribution in [3.63, 3.8) is 0 Å². The van der Waals surface area contributed by atoms with Crippen LogP contribution in [0.25, 0.3) is 0 Å². The summed E-state index contributed by atoms with van der Waals surface area (Å²) in [5, 5.41) is 9.17. The molecule has 1 fully saturated rings. The van der Waals surface area contributed by atoms with Crippen molar-refractivity contribution in [2.24, 2.45) is 0 Å². The van der Waals surface area contributed by atoms with Crippen LogP contribution in [0.3, 0.4) is 0 Å². The molecule has 0 heterocycles. The van der Waals surface area contributed by atoms with E-state index >= 15 is 0 Å². The Morgan fingerprint density at radius 1 is 1.43 bits per heavy atom. The van der Waals surface area contributed by atoms with Gasteiger partial charge in [-0.1, -0.05) is 29.3 Å². The van der Waals surface area contributed by atoms with Crippen LogP contribution in [-0.4, -0.2) is 30.4 Å². The first-order valence-electron chi connectivity index (χ1n) is 7.02. The molecule has 1 N–H and O–H groups in total. The molecule has 4 nitrogen and oxygen atoms in total. The summed E-state index contributed by atoms with van der Waals surface area (Å²) in [7, 11) is -3.88. The van der Waals surface area contributed by atoms with Gasteiger partial charge in [-0.15, -0.1) is 0 Å². The van der Waals surface area contributed by atoms with Crippen LogP contribution >= 0.6 is 15.9 Å². The van der Waals surface area contributed by atoms with Crippen molar-refractivity contribution in [3.05, 3.63) is 28.0 Å². The van der Waals surface area contributed by atoms with Crippen molar-refractivity contribution in [2.45, 2.75) is 50.2 Å². The lowest BCUT2D eigenvalue weighted by Gasteiger charge is -2.22. The average molecular weight is 380 g/mol. The minimum atomic E-state index is -3.88. The van der Waals surface area contributed by atoms with Crippen LogP contribution in [0.1, 0.15) is 38.2 Å². The summed E-state index contributed by atoms with van der Waals surface area (Å²) < 4.78 is 41.7. The minimum Gasteiger partial charge on any atom is -0.392 e. The molecule has 0 bridgehead atoms. The Bertz CT molecular complexity index is 617. The van der Waals surface area contributed by atoms with Crippen molar-refractivity contribution in [1.29, 1.82) is 0 Å². The molecule has 0 unspecified atom stereocenters. The van der Waals surface area contributed by atoms with E-state index in [0.29, 0.717) is 11.0 Å². The number of unbranched alkanes of at least 4 members (excludes halogenated alkanes) is 1. The summed E-state index contributed by atoms with van der Waals surface area (Å²) in [4.78, 5) is -0.357. The molecule has 0 saturated heterocycles. The van der Waals surface area contributed by atoms with E-state index in [1.807, 2.05) is 6.92 Å². The van der Waals surface area contributed by atoms with Crippen molar-refractivity contribution in [2.75, 3.05) is 6.54 Å². The first kappa shape index (κ1) is 16.9. The fraction of sp³-hybridized carbons (Fsp3) is 0.571. The van der Waals surface area contributed by atoms with Gasteiger partial charge in [0.15, 0.2) is 0 Å². The van der Waals surface area contributed by atoms with E-state index in [4.69, 9.17) is 5.11 Å². The van der Waals surface area contributed by atoms with Crippen LogP contribution in [0.4, 0.5) is 4.39 Å². The zero-order valence-corrected chi connectivity index (χ0v) is 14.3. The Morgan fingerprint density at radius 2 is 2.10 bits per heavy atom. The third kappa shape index (κ3) is 3.64. The molecule has 0 aliphatic heterocycles. The first-order chi connectivity index (χ1) is 9.91. The third-order valence-corrected chi connectivity index (χ3v) is 5.93. The number of halogens is 2. The lowest BCUT2D eigenvalue weighted by Crippen LogP contribution is -2.34. The van der Waals surface area contributed by atoms with Crippen molar-refractivity contribution < 1.29 is 17.9 Å². The second kappa shape index (κ2) is 6.73. The molecule has 1 aromatic rings. The molecule has 0 radical (unpaired) electrons. The number of aliphatic hydroxyl groups excluding tert-OH is 1. The number of hydrogen-bond acceptors (Lipinski definition) is 3. The zero-order valence-electron chi connectivity index (χ0n) is 11.8. The Morgan fingerprint density at radius 3 is 2.62 bits per heavy atom. The van der Waals surface area contributed by atoms with Gasteiger partial charge in [0.2, 0.25) is 10.0 Å². The number of benzene rings is 1. The summed E-state index contributed by atoms with van der Waals surface area (Å²) in [6, 6.07) is 2.64. The monoisotopic (exact) mass is 379 g/mol. The van der Waals surface area contributed by atoms with Crippen molar-refractivity contribution in [3.8, 4) is 0 Å². The number of aliphatic hydroxyl groups is 1. The maximum absolute atomic E-state index is 14.3. The topological polar surface area (TPSA) is 57.6 Å². The van der Waals surface area contributed by atoms with Crippen LogP contribution < -0.4 is 0 Å². The molecule has 1 saturated carbocycles. The summed E-state index contributed by atoms with van der Waals surface area (Å²) >= 11 is 3.17. The highest BCUT2D eigenvalue weighted by Gasteiger charge is 2.39. The lowest BCUT2D eigenvalue weighted by molar-refractivity contribution is 0.274. The van der Waals surface area contributed by atoms with E-state index in [1.165, 1.54) is 16.4 Å². The number of hydrogen-bond donors (Lipinski definition) is 1. The Labute approximate surface area is 133 Å². The Kier molecular flexibility index (Phi) is 5.40. The van der Waals surface area contributed by atoms with E-state index in [2.05, 4.69) is 15.9 Å². The Balaban J connectivity index is 2.44. The highest BCUT2D eigenvalue weighted by atomic mass is 79.9. The molecule has 118 valence electrons. The summed E-state index contributed by atoms with van der Waals surface area (Å²) in [5.41, 5.74) is -0.0193. The average Bonchev–Trinajstić information content (AvgIpc) is 3.25. The molecule has 0 aromatic heterocycles. The van der Waals surface area contributed by atoms with Crippen LogP contribution in [-0.2, 0) is 16.6 Å². The number of sulfonamides is 1. The maximum atomic E-state index is 14.3. The number of nitrogens with zero attached hydrogens (tertiary/aromatic N) is 1. The van der Waals surface area contributed by atoms with E-state index in [9.17, 15) is 12.8 Å². The summed E-state index contributed by atoms with van der Waals surface area (Å²) in [6.45, 7) is 1.86. The van der Waals surface area contributed by atoms with Gasteiger partial charge in [0.1, 0.15) is 10.7 Å². The zero-order chi connectivity index (χ0) is 15.6. The van der Waals surface area contributed by atoms with Gasteiger partial charge in [0.25, 0.3) is 0 Å². The molecule has 0 spiro atoms. The third-order valence-electron chi connectivity index (χ3n) is 3.52. The fourth-order valence-electron chi connectivity index (χ4n) is 2.22. The highest BCUT2D eigenvalue weighted by Crippen LogP contribution is 2.34. The van der Waals surface area contributed by atoms with Gasteiger partial charge >= 0.3 is 0 Å². The van der Waals surface area contributed by atoms with E-state index in [-0.39, 0.29) is 16.5 Å². The van der Waals surface area contributed by atoms with Gasteiger partial charge in [0.05, 0.1) is 6.61 Å². The quantitative estimate of drug-likeness (QED) is 0.791. The largest absolute Gasteiger partial charge is 0.392 e. The number of rotatable bonds is 7. The van der Waals surface area contributed by atoms with Gasteiger partial charge in [-0.3, -0.25) is 0 Å². The predicted octanol–water partition coefficient (Wildman–Crippen LogP) is 3.03. The molecule has 0 amide bonds. The summed E-state index contributed by atoms with van der Waals surface area (Å²) in [6.07, 6.45) is 3.27. The highest BCUT2D eigenvalue weighted by molar-refractivity contribution is 9.10. The van der Waals surface area contributed by atoms with Crippen LogP contribution in [0, 0.1) is 5.82 Å². The van der Waals surface area contributed by atoms with Crippen molar-refractivity contribution >= 4 is 26.0 Å². The fourth-order valence-corrected chi connectivity index (χ4v) is 4.74. The lowest BCUT2D eigenvalue weighted by atomic mass is 10.2. The van der Waals surface area contributed by atoms with Crippen molar-refractivity contribution in [1.82, 2.24) is 4.31 Å². The van der Waals surface area contributed by atoms with E-state index in [0.717, 1.165) is 25.7 Å². The first-order valence-corrected chi connectivity index (χ1v) is 9.25. The smallest absolute Gasteiger partial charge is 0.246 e. The van der Waals surface area contributed by atoms with Gasteiger partial charge < -0.3 is 5.11 Å². The molecular weight excluding hydrogens is 361 g/mol.